The molecular formula is C18H22ClFN2O4. The van der Waals surface area contributed by atoms with E-state index in [9.17, 15) is 18.8 Å². The summed E-state index contributed by atoms with van der Waals surface area (Å²) in [5.74, 6) is -2.39. The molecule has 2 atom stereocenters. The van der Waals surface area contributed by atoms with Gasteiger partial charge in [0, 0.05) is 30.5 Å². The highest BCUT2D eigenvalue weighted by Gasteiger charge is 2.33. The standard InChI is InChI=1S/C18H22ClFN2O4/c1-10(2)17(18(25)26)21-15(23)8-14-3-4-16(24)22(14)9-11-5-12(19)7-13(20)6-11/h5-7,10,14,17H,3-4,8-9H2,1-2H3,(H,21,23)(H,25,26)/t14-,17-/m0/s1. The summed E-state index contributed by atoms with van der Waals surface area (Å²) < 4.78 is 13.5. The number of hydrogen-bond acceptors (Lipinski definition) is 3. The van der Waals surface area contributed by atoms with Gasteiger partial charge < -0.3 is 15.3 Å². The smallest absolute Gasteiger partial charge is 0.326 e. The van der Waals surface area contributed by atoms with Crippen molar-refractivity contribution in [3.05, 3.63) is 34.6 Å². The number of carbonyl (C=O) groups is 3. The molecule has 0 radical (unpaired) electrons. The van der Waals surface area contributed by atoms with E-state index >= 15 is 0 Å². The van der Waals surface area contributed by atoms with Crippen LogP contribution >= 0.6 is 11.6 Å². The molecule has 1 aromatic carbocycles. The maximum atomic E-state index is 13.5. The Bertz CT molecular complexity index is 690. The number of halogens is 2. The number of rotatable bonds is 7. The second kappa shape index (κ2) is 8.49. The average Bonchev–Trinajstić information content (AvgIpc) is 2.84. The first kappa shape index (κ1) is 20.2. The van der Waals surface area contributed by atoms with Gasteiger partial charge in [0.05, 0.1) is 0 Å². The molecule has 2 N–H and O–H groups in total. The number of amides is 2. The van der Waals surface area contributed by atoms with Crippen molar-refractivity contribution in [3.63, 3.8) is 0 Å². The molecule has 0 aromatic heterocycles. The summed E-state index contributed by atoms with van der Waals surface area (Å²) in [5.41, 5.74) is 0.543. The Labute approximate surface area is 156 Å². The molecule has 0 unspecified atom stereocenters. The Morgan fingerprint density at radius 2 is 2.08 bits per heavy atom. The molecule has 0 bridgehead atoms. The quantitative estimate of drug-likeness (QED) is 0.756. The zero-order valence-corrected chi connectivity index (χ0v) is 15.4. The van der Waals surface area contributed by atoms with E-state index in [1.165, 1.54) is 17.0 Å². The van der Waals surface area contributed by atoms with Gasteiger partial charge in [-0.1, -0.05) is 25.4 Å². The van der Waals surface area contributed by atoms with Gasteiger partial charge in [0.1, 0.15) is 11.9 Å². The maximum Gasteiger partial charge on any atom is 0.326 e. The lowest BCUT2D eigenvalue weighted by molar-refractivity contribution is -0.143. The molecular weight excluding hydrogens is 363 g/mol. The fourth-order valence-corrected chi connectivity index (χ4v) is 3.33. The molecule has 1 aliphatic rings. The van der Waals surface area contributed by atoms with Crippen LogP contribution in [0.2, 0.25) is 5.02 Å². The molecule has 1 heterocycles. The second-order valence-electron chi connectivity index (χ2n) is 6.82. The first-order valence-corrected chi connectivity index (χ1v) is 8.81. The highest BCUT2D eigenvalue weighted by Crippen LogP contribution is 2.25. The summed E-state index contributed by atoms with van der Waals surface area (Å²) in [4.78, 5) is 37.1. The van der Waals surface area contributed by atoms with E-state index in [0.717, 1.165) is 0 Å². The van der Waals surface area contributed by atoms with E-state index < -0.39 is 23.7 Å². The maximum absolute atomic E-state index is 13.5. The third-order valence-corrected chi connectivity index (χ3v) is 4.62. The van der Waals surface area contributed by atoms with Crippen LogP contribution in [0.5, 0.6) is 0 Å². The van der Waals surface area contributed by atoms with Crippen LogP contribution < -0.4 is 5.32 Å². The van der Waals surface area contributed by atoms with E-state index in [0.29, 0.717) is 18.4 Å². The number of hydrogen-bond donors (Lipinski definition) is 2. The van der Waals surface area contributed by atoms with Gasteiger partial charge in [-0.2, -0.15) is 0 Å². The average molecular weight is 385 g/mol. The molecule has 0 saturated carbocycles. The Kier molecular flexibility index (Phi) is 6.58. The van der Waals surface area contributed by atoms with Gasteiger partial charge in [-0.15, -0.1) is 0 Å². The minimum atomic E-state index is -1.10. The Morgan fingerprint density at radius 3 is 2.65 bits per heavy atom. The molecule has 26 heavy (non-hydrogen) atoms. The van der Waals surface area contributed by atoms with E-state index in [-0.39, 0.29) is 35.9 Å². The summed E-state index contributed by atoms with van der Waals surface area (Å²) in [6.45, 7) is 3.57. The fourth-order valence-electron chi connectivity index (χ4n) is 3.08. The number of carbonyl (C=O) groups excluding carboxylic acids is 2. The third kappa shape index (κ3) is 5.17. The number of benzene rings is 1. The van der Waals surface area contributed by atoms with E-state index in [1.807, 2.05) is 0 Å². The number of carboxylic acids is 1. The Hall–Kier alpha value is -2.15. The van der Waals surface area contributed by atoms with Gasteiger partial charge in [-0.05, 0) is 36.1 Å². The summed E-state index contributed by atoms with van der Waals surface area (Å²) >= 11 is 5.85. The van der Waals surface area contributed by atoms with Crippen molar-refractivity contribution in [3.8, 4) is 0 Å². The molecule has 1 saturated heterocycles. The molecule has 2 rings (SSSR count). The molecule has 6 nitrogen and oxygen atoms in total. The molecule has 1 aromatic rings. The van der Waals surface area contributed by atoms with E-state index in [1.54, 1.807) is 19.9 Å². The fraction of sp³-hybridized carbons (Fsp3) is 0.500. The van der Waals surface area contributed by atoms with Crippen LogP contribution in [-0.4, -0.2) is 39.9 Å². The first-order valence-electron chi connectivity index (χ1n) is 8.44. The highest BCUT2D eigenvalue weighted by atomic mass is 35.5. The van der Waals surface area contributed by atoms with Gasteiger partial charge >= 0.3 is 5.97 Å². The number of nitrogens with one attached hydrogen (secondary N) is 1. The van der Waals surface area contributed by atoms with Gasteiger partial charge in [-0.25, -0.2) is 9.18 Å². The molecule has 0 aliphatic carbocycles. The molecule has 2 amide bonds. The largest absolute Gasteiger partial charge is 0.480 e. The van der Waals surface area contributed by atoms with Crippen LogP contribution in [-0.2, 0) is 20.9 Å². The molecule has 1 aliphatic heterocycles. The van der Waals surface area contributed by atoms with Crippen LogP contribution in [0.1, 0.15) is 38.7 Å². The molecule has 8 heteroatoms. The van der Waals surface area contributed by atoms with Gasteiger partial charge in [0.2, 0.25) is 11.8 Å². The number of carboxylic acid groups (broad SMARTS) is 1. The van der Waals surface area contributed by atoms with Crippen molar-refractivity contribution < 1.29 is 23.9 Å². The highest BCUT2D eigenvalue weighted by molar-refractivity contribution is 6.30. The Balaban J connectivity index is 2.04. The van der Waals surface area contributed by atoms with Crippen LogP contribution in [0.25, 0.3) is 0 Å². The predicted octanol–water partition coefficient (Wildman–Crippen LogP) is 2.59. The van der Waals surface area contributed by atoms with Crippen molar-refractivity contribution in [2.75, 3.05) is 0 Å². The minimum absolute atomic E-state index is 0.00525. The van der Waals surface area contributed by atoms with Crippen LogP contribution in [0.15, 0.2) is 18.2 Å². The monoisotopic (exact) mass is 384 g/mol. The van der Waals surface area contributed by atoms with Gasteiger partial charge in [-0.3, -0.25) is 9.59 Å². The lowest BCUT2D eigenvalue weighted by Crippen LogP contribution is -2.46. The topological polar surface area (TPSA) is 86.7 Å². The summed E-state index contributed by atoms with van der Waals surface area (Å²) in [7, 11) is 0. The van der Waals surface area contributed by atoms with Crippen LogP contribution in [0, 0.1) is 11.7 Å². The van der Waals surface area contributed by atoms with Gasteiger partial charge in [0.15, 0.2) is 0 Å². The van der Waals surface area contributed by atoms with Crippen LogP contribution in [0.3, 0.4) is 0 Å². The lowest BCUT2D eigenvalue weighted by atomic mass is 10.0. The second-order valence-corrected chi connectivity index (χ2v) is 7.26. The zero-order valence-electron chi connectivity index (χ0n) is 14.7. The lowest BCUT2D eigenvalue weighted by Gasteiger charge is -2.26. The van der Waals surface area contributed by atoms with Crippen LogP contribution in [0.4, 0.5) is 4.39 Å². The van der Waals surface area contributed by atoms with E-state index in [2.05, 4.69) is 5.32 Å². The Morgan fingerprint density at radius 1 is 1.38 bits per heavy atom. The number of likely N-dealkylation sites (tertiary alicyclic amines) is 1. The van der Waals surface area contributed by atoms with Crippen molar-refractivity contribution in [1.82, 2.24) is 10.2 Å². The molecule has 0 spiro atoms. The van der Waals surface area contributed by atoms with Crippen molar-refractivity contribution in [2.24, 2.45) is 5.92 Å². The molecule has 1 fully saturated rings. The third-order valence-electron chi connectivity index (χ3n) is 4.40. The van der Waals surface area contributed by atoms with Gasteiger partial charge in [0.25, 0.3) is 0 Å². The number of aliphatic carboxylic acids is 1. The normalized spacial score (nSPS) is 18.3. The van der Waals surface area contributed by atoms with Crippen molar-refractivity contribution in [1.29, 1.82) is 0 Å². The summed E-state index contributed by atoms with van der Waals surface area (Å²) in [6, 6.07) is 2.72. The summed E-state index contributed by atoms with van der Waals surface area (Å²) in [6.07, 6.45) is 0.799. The molecule has 142 valence electrons. The van der Waals surface area contributed by atoms with E-state index in [4.69, 9.17) is 16.7 Å². The first-order chi connectivity index (χ1) is 12.2. The minimum Gasteiger partial charge on any atom is -0.480 e. The SMILES string of the molecule is CC(C)[C@H](NC(=O)C[C@@H]1CCC(=O)N1Cc1cc(F)cc(Cl)c1)C(=O)O. The predicted molar refractivity (Wildman–Crippen MR) is 94.0 cm³/mol. The van der Waals surface area contributed by atoms with Crippen molar-refractivity contribution in [2.45, 2.75) is 51.7 Å². The summed E-state index contributed by atoms with van der Waals surface area (Å²) in [5, 5.41) is 11.9. The van der Waals surface area contributed by atoms with Crippen molar-refractivity contribution >= 4 is 29.4 Å². The zero-order chi connectivity index (χ0) is 19.4. The number of nitrogens with zero attached hydrogens (tertiary/aromatic N) is 1.